The maximum absolute atomic E-state index is 12.9. The molecule has 0 aliphatic carbocycles. The minimum atomic E-state index is 0.217. The van der Waals surface area contributed by atoms with Gasteiger partial charge in [0.05, 0.1) is 11.9 Å². The molecular formula is C22H25N3OS. The number of benzene rings is 1. The zero-order valence-electron chi connectivity index (χ0n) is 15.9. The second kappa shape index (κ2) is 7.79. The monoisotopic (exact) mass is 379 g/mol. The van der Waals surface area contributed by atoms with E-state index in [0.29, 0.717) is 6.42 Å². The number of amides is 1. The highest BCUT2D eigenvalue weighted by molar-refractivity contribution is 7.09. The largest absolute Gasteiger partial charge is 0.340 e. The number of piperazine rings is 1. The number of para-hydroxylation sites is 1. The van der Waals surface area contributed by atoms with E-state index in [4.69, 9.17) is 4.98 Å². The molecule has 0 radical (unpaired) electrons. The standard InChI is InChI=1S/C22H25N3OS/c1-16-19-7-3-4-8-21(19)23-17(2)20(16)14-22(26)25-11-9-24(10-12-25)15-18-6-5-13-27-18/h3-8,13H,9-12,14-15H2,1-2H3. The summed E-state index contributed by atoms with van der Waals surface area (Å²) in [6.45, 7) is 8.62. The first kappa shape index (κ1) is 18.1. The summed E-state index contributed by atoms with van der Waals surface area (Å²) in [7, 11) is 0. The van der Waals surface area contributed by atoms with E-state index in [-0.39, 0.29) is 5.91 Å². The van der Waals surface area contributed by atoms with Crippen molar-refractivity contribution in [2.75, 3.05) is 26.2 Å². The van der Waals surface area contributed by atoms with Crippen LogP contribution in [0.4, 0.5) is 0 Å². The van der Waals surface area contributed by atoms with Crippen molar-refractivity contribution in [3.8, 4) is 0 Å². The number of carbonyl (C=O) groups excluding carboxylic acids is 1. The third-order valence-electron chi connectivity index (χ3n) is 5.50. The van der Waals surface area contributed by atoms with Crippen molar-refractivity contribution >= 4 is 28.1 Å². The smallest absolute Gasteiger partial charge is 0.227 e. The van der Waals surface area contributed by atoms with Crippen LogP contribution in [-0.2, 0) is 17.8 Å². The predicted molar refractivity (Wildman–Crippen MR) is 111 cm³/mol. The molecule has 140 valence electrons. The molecule has 1 aliphatic heterocycles. The number of aromatic nitrogens is 1. The van der Waals surface area contributed by atoms with Crippen LogP contribution in [0.5, 0.6) is 0 Å². The maximum atomic E-state index is 12.9. The number of carbonyl (C=O) groups is 1. The van der Waals surface area contributed by atoms with Gasteiger partial charge in [0.1, 0.15) is 0 Å². The molecule has 2 aromatic heterocycles. The van der Waals surface area contributed by atoms with Gasteiger partial charge in [-0.2, -0.15) is 0 Å². The maximum Gasteiger partial charge on any atom is 0.227 e. The fourth-order valence-electron chi connectivity index (χ4n) is 3.87. The van der Waals surface area contributed by atoms with Crippen molar-refractivity contribution < 1.29 is 4.79 Å². The van der Waals surface area contributed by atoms with Gasteiger partial charge in [-0.1, -0.05) is 24.3 Å². The SMILES string of the molecule is Cc1nc2ccccc2c(C)c1CC(=O)N1CCN(Cc2cccs2)CC1. The molecule has 4 rings (SSSR count). The number of nitrogens with zero attached hydrogens (tertiary/aromatic N) is 3. The van der Waals surface area contributed by atoms with Crippen LogP contribution in [0.15, 0.2) is 41.8 Å². The van der Waals surface area contributed by atoms with Crippen LogP contribution >= 0.6 is 11.3 Å². The number of fused-ring (bicyclic) bond motifs is 1. The molecule has 1 saturated heterocycles. The van der Waals surface area contributed by atoms with Crippen LogP contribution in [0.3, 0.4) is 0 Å². The number of rotatable bonds is 4. The topological polar surface area (TPSA) is 36.4 Å². The summed E-state index contributed by atoms with van der Waals surface area (Å²) in [6.07, 6.45) is 0.445. The Morgan fingerprint density at radius 2 is 1.85 bits per heavy atom. The van der Waals surface area contributed by atoms with Crippen molar-refractivity contribution in [2.24, 2.45) is 0 Å². The first-order valence-electron chi connectivity index (χ1n) is 9.49. The zero-order valence-corrected chi connectivity index (χ0v) is 16.8. The van der Waals surface area contributed by atoms with Gasteiger partial charge < -0.3 is 4.90 Å². The highest BCUT2D eigenvalue weighted by Gasteiger charge is 2.23. The van der Waals surface area contributed by atoms with Gasteiger partial charge >= 0.3 is 0 Å². The first-order chi connectivity index (χ1) is 13.1. The summed E-state index contributed by atoms with van der Waals surface area (Å²) in [4.78, 5) is 23.5. The lowest BCUT2D eigenvalue weighted by atomic mass is 9.99. The quantitative estimate of drug-likeness (QED) is 0.692. The van der Waals surface area contributed by atoms with Crippen LogP contribution < -0.4 is 0 Å². The fourth-order valence-corrected chi connectivity index (χ4v) is 4.62. The number of hydrogen-bond acceptors (Lipinski definition) is 4. The molecule has 3 heterocycles. The minimum absolute atomic E-state index is 0.217. The van der Waals surface area contributed by atoms with Crippen molar-refractivity contribution in [3.63, 3.8) is 0 Å². The molecule has 27 heavy (non-hydrogen) atoms. The van der Waals surface area contributed by atoms with E-state index in [1.54, 1.807) is 11.3 Å². The number of thiophene rings is 1. The summed E-state index contributed by atoms with van der Waals surface area (Å²) >= 11 is 1.80. The van der Waals surface area contributed by atoms with Crippen LogP contribution in [0.2, 0.25) is 0 Å². The molecule has 0 saturated carbocycles. The normalized spacial score (nSPS) is 15.4. The van der Waals surface area contributed by atoms with E-state index < -0.39 is 0 Å². The summed E-state index contributed by atoms with van der Waals surface area (Å²) < 4.78 is 0. The second-order valence-electron chi connectivity index (χ2n) is 7.23. The Balaban J connectivity index is 1.42. The number of hydrogen-bond donors (Lipinski definition) is 0. The van der Waals surface area contributed by atoms with Gasteiger partial charge in [0.15, 0.2) is 0 Å². The van der Waals surface area contributed by atoms with Gasteiger partial charge in [-0.25, -0.2) is 0 Å². The average Bonchev–Trinajstić information content (AvgIpc) is 3.18. The summed E-state index contributed by atoms with van der Waals surface area (Å²) in [5, 5.41) is 3.27. The molecule has 1 aliphatic rings. The van der Waals surface area contributed by atoms with E-state index in [1.807, 2.05) is 30.0 Å². The van der Waals surface area contributed by atoms with E-state index in [0.717, 1.165) is 54.9 Å². The third kappa shape index (κ3) is 3.89. The predicted octanol–water partition coefficient (Wildman–Crippen LogP) is 3.80. The highest BCUT2D eigenvalue weighted by Crippen LogP contribution is 2.23. The molecule has 0 atom stereocenters. The number of aryl methyl sites for hydroxylation is 2. The van der Waals surface area contributed by atoms with Gasteiger partial charge in [0, 0.05) is 48.7 Å². The molecule has 0 spiro atoms. The Hall–Kier alpha value is -2.24. The molecule has 3 aromatic rings. The van der Waals surface area contributed by atoms with Crippen molar-refractivity contribution in [2.45, 2.75) is 26.8 Å². The lowest BCUT2D eigenvalue weighted by molar-refractivity contribution is -0.132. The van der Waals surface area contributed by atoms with Crippen LogP contribution in [-0.4, -0.2) is 46.9 Å². The fraction of sp³-hybridized carbons (Fsp3) is 0.364. The summed E-state index contributed by atoms with van der Waals surface area (Å²) in [5.74, 6) is 0.217. The van der Waals surface area contributed by atoms with Gasteiger partial charge in [-0.05, 0) is 42.5 Å². The first-order valence-corrected chi connectivity index (χ1v) is 10.4. The van der Waals surface area contributed by atoms with E-state index in [1.165, 1.54) is 10.4 Å². The molecule has 1 fully saturated rings. The Morgan fingerprint density at radius 3 is 2.59 bits per heavy atom. The molecule has 4 nitrogen and oxygen atoms in total. The Bertz CT molecular complexity index is 944. The van der Waals surface area contributed by atoms with Gasteiger partial charge in [-0.15, -0.1) is 11.3 Å². The molecule has 1 amide bonds. The van der Waals surface area contributed by atoms with E-state index >= 15 is 0 Å². The van der Waals surface area contributed by atoms with Crippen LogP contribution in [0.1, 0.15) is 21.7 Å². The van der Waals surface area contributed by atoms with E-state index in [2.05, 4.69) is 35.4 Å². The summed E-state index contributed by atoms with van der Waals surface area (Å²) in [5.41, 5.74) is 4.24. The highest BCUT2D eigenvalue weighted by atomic mass is 32.1. The molecule has 0 unspecified atom stereocenters. The third-order valence-corrected chi connectivity index (χ3v) is 6.36. The molecule has 0 bridgehead atoms. The molecule has 1 aromatic carbocycles. The molecule has 5 heteroatoms. The Labute approximate surface area is 164 Å². The van der Waals surface area contributed by atoms with Gasteiger partial charge in [0.2, 0.25) is 5.91 Å². The zero-order chi connectivity index (χ0) is 18.8. The Kier molecular flexibility index (Phi) is 5.23. The lowest BCUT2D eigenvalue weighted by Crippen LogP contribution is -2.48. The second-order valence-corrected chi connectivity index (χ2v) is 8.26. The van der Waals surface area contributed by atoms with Crippen molar-refractivity contribution in [3.05, 3.63) is 63.5 Å². The van der Waals surface area contributed by atoms with E-state index in [9.17, 15) is 4.79 Å². The summed E-state index contributed by atoms with van der Waals surface area (Å²) in [6, 6.07) is 12.4. The average molecular weight is 380 g/mol. The number of pyridine rings is 1. The molecular weight excluding hydrogens is 354 g/mol. The van der Waals surface area contributed by atoms with Crippen molar-refractivity contribution in [1.29, 1.82) is 0 Å². The van der Waals surface area contributed by atoms with Gasteiger partial charge in [-0.3, -0.25) is 14.7 Å². The van der Waals surface area contributed by atoms with Crippen LogP contribution in [0.25, 0.3) is 10.9 Å². The molecule has 0 N–H and O–H groups in total. The van der Waals surface area contributed by atoms with Crippen molar-refractivity contribution in [1.82, 2.24) is 14.8 Å². The van der Waals surface area contributed by atoms with Gasteiger partial charge in [0.25, 0.3) is 0 Å². The lowest BCUT2D eigenvalue weighted by Gasteiger charge is -2.34. The Morgan fingerprint density at radius 1 is 1.07 bits per heavy atom. The minimum Gasteiger partial charge on any atom is -0.340 e. The van der Waals surface area contributed by atoms with Crippen LogP contribution in [0, 0.1) is 13.8 Å².